The number of ether oxygens (including phenoxy) is 1. The Morgan fingerprint density at radius 1 is 0.303 bits per heavy atom. The summed E-state index contributed by atoms with van der Waals surface area (Å²) in [5.41, 5.74) is 27.9. The van der Waals surface area contributed by atoms with Crippen LogP contribution in [0.4, 0.5) is 68.2 Å². The predicted octanol–water partition coefficient (Wildman–Crippen LogP) is 20.2. The molecule has 99 heavy (non-hydrogen) atoms. The predicted molar refractivity (Wildman–Crippen MR) is 417 cm³/mol. The Morgan fingerprint density at radius 3 is 1.16 bits per heavy atom. The number of rotatable bonds is 11. The van der Waals surface area contributed by atoms with Crippen molar-refractivity contribution in [3.05, 3.63) is 358 Å². The molecule has 6 nitrogen and oxygen atoms in total. The van der Waals surface area contributed by atoms with Gasteiger partial charge in [0.05, 0.1) is 16.7 Å². The molecule has 5 heterocycles. The van der Waals surface area contributed by atoms with Gasteiger partial charge in [-0.3, -0.25) is 0 Å². The van der Waals surface area contributed by atoms with E-state index in [-0.39, 0.29) is 13.4 Å². The molecule has 0 bridgehead atoms. The zero-order valence-corrected chi connectivity index (χ0v) is 54.6. The maximum absolute atomic E-state index is 8.35. The fourth-order valence-corrected chi connectivity index (χ4v) is 17.7. The van der Waals surface area contributed by atoms with Gasteiger partial charge in [0.2, 0.25) is 6.71 Å². The van der Waals surface area contributed by atoms with Crippen molar-refractivity contribution in [2.75, 3.05) is 19.6 Å². The molecule has 462 valence electrons. The second-order valence-electron chi connectivity index (χ2n) is 25.8. The van der Waals surface area contributed by atoms with Gasteiger partial charge >= 0.3 is 0 Å². The maximum Gasteiger partial charge on any atom is 0.256 e. The lowest BCUT2D eigenvalue weighted by atomic mass is 9.31. The Labute approximate surface area is 580 Å². The van der Waals surface area contributed by atoms with E-state index in [0.29, 0.717) is 0 Å². The van der Waals surface area contributed by atoms with Crippen LogP contribution in [0.2, 0.25) is 0 Å². The molecule has 0 atom stereocenters. The summed E-state index contributed by atoms with van der Waals surface area (Å²) in [5, 5.41) is 2.36. The largest absolute Gasteiger partial charge is 0.456 e. The molecule has 0 amide bonds. The number of benzene rings is 15. The van der Waals surface area contributed by atoms with Crippen molar-refractivity contribution < 1.29 is 4.74 Å². The van der Waals surface area contributed by atoms with Gasteiger partial charge < -0.3 is 28.9 Å². The average Bonchev–Trinajstić information content (AvgIpc) is 1.68. The van der Waals surface area contributed by atoms with Crippen LogP contribution in [-0.2, 0) is 0 Å². The first-order valence-electron chi connectivity index (χ1n) is 34.0. The van der Waals surface area contributed by atoms with Gasteiger partial charge in [0.15, 0.2) is 0 Å². The second-order valence-corrected chi connectivity index (χ2v) is 26.9. The topological polar surface area (TPSA) is 27.1 Å². The van der Waals surface area contributed by atoms with Crippen LogP contribution in [0.25, 0.3) is 49.7 Å². The summed E-state index contributed by atoms with van der Waals surface area (Å²) in [7, 11) is 0. The molecule has 4 aliphatic heterocycles. The number of fused-ring (bicyclic) bond motifs is 11. The van der Waals surface area contributed by atoms with Crippen molar-refractivity contribution >= 4 is 148 Å². The summed E-state index contributed by atoms with van der Waals surface area (Å²) in [4.78, 5) is 12.1. The number of aromatic nitrogens is 1. The third-order valence-corrected chi connectivity index (χ3v) is 21.6. The van der Waals surface area contributed by atoms with Crippen LogP contribution in [0.1, 0.15) is 0 Å². The Balaban J connectivity index is 0.944. The van der Waals surface area contributed by atoms with Gasteiger partial charge in [0.25, 0.3) is 6.71 Å². The highest BCUT2D eigenvalue weighted by molar-refractivity contribution is 8.00. The zero-order chi connectivity index (χ0) is 65.1. The molecule has 0 saturated carbocycles. The van der Waals surface area contributed by atoms with Crippen LogP contribution >= 0.6 is 11.8 Å². The number of para-hydroxylation sites is 8. The van der Waals surface area contributed by atoms with Gasteiger partial charge in [-0.05, 0) is 165 Å². The van der Waals surface area contributed by atoms with Crippen LogP contribution in [-0.4, -0.2) is 18.0 Å². The first-order valence-corrected chi connectivity index (χ1v) is 34.8. The number of hydrogen-bond donors (Lipinski definition) is 0. The Bertz CT molecular complexity index is 5400. The molecule has 0 aliphatic carbocycles. The molecule has 0 N–H and O–H groups in total. The van der Waals surface area contributed by atoms with E-state index < -0.39 is 0 Å². The Morgan fingerprint density at radius 2 is 0.697 bits per heavy atom. The third kappa shape index (κ3) is 9.01. The van der Waals surface area contributed by atoms with Crippen LogP contribution < -0.4 is 57.1 Å². The Hall–Kier alpha value is -12.4. The lowest BCUT2D eigenvalue weighted by molar-refractivity contribution is 0.484. The van der Waals surface area contributed by atoms with Crippen molar-refractivity contribution in [3.63, 3.8) is 0 Å². The minimum absolute atomic E-state index is 0.219. The fraction of sp³-hybridized carbons (Fsp3) is 0. The van der Waals surface area contributed by atoms with Crippen molar-refractivity contribution in [3.8, 4) is 39.4 Å². The monoisotopic (exact) mass is 1280 g/mol. The highest BCUT2D eigenvalue weighted by atomic mass is 32.2. The maximum atomic E-state index is 8.35. The van der Waals surface area contributed by atoms with Crippen LogP contribution in [0.5, 0.6) is 11.5 Å². The van der Waals surface area contributed by atoms with Crippen LogP contribution in [0.3, 0.4) is 0 Å². The van der Waals surface area contributed by atoms with E-state index in [9.17, 15) is 0 Å². The van der Waals surface area contributed by atoms with E-state index in [1.165, 1.54) is 48.6 Å². The minimum Gasteiger partial charge on any atom is -0.456 e. The quantitative estimate of drug-likeness (QED) is 0.120. The zero-order valence-electron chi connectivity index (χ0n) is 53.8. The van der Waals surface area contributed by atoms with Crippen molar-refractivity contribution in [1.82, 2.24) is 4.57 Å². The molecule has 15 aromatic carbocycles. The Kier molecular flexibility index (Phi) is 13.3. The molecule has 0 fully saturated rings. The van der Waals surface area contributed by atoms with E-state index >= 15 is 0 Å². The molecule has 0 unspecified atom stereocenters. The normalized spacial score (nSPS) is 12.8. The van der Waals surface area contributed by atoms with E-state index in [0.717, 1.165) is 123 Å². The molecule has 16 aromatic rings. The smallest absolute Gasteiger partial charge is 0.256 e. The second kappa shape index (κ2) is 23.2. The summed E-state index contributed by atoms with van der Waals surface area (Å²) in [5.74, 6) is 1.63. The molecule has 4 aliphatic rings. The van der Waals surface area contributed by atoms with E-state index in [1.54, 1.807) is 0 Å². The fourth-order valence-electron chi connectivity index (χ4n) is 16.4. The third-order valence-electron chi connectivity index (χ3n) is 20.4. The van der Waals surface area contributed by atoms with Gasteiger partial charge in [0.1, 0.15) is 17.2 Å². The lowest BCUT2D eigenvalue weighted by Gasteiger charge is -2.44. The summed E-state index contributed by atoms with van der Waals surface area (Å²) < 4.78 is 11.0. The average molecular weight is 1280 g/mol. The molecule has 9 heteroatoms. The van der Waals surface area contributed by atoms with Crippen molar-refractivity contribution in [2.45, 2.75) is 9.79 Å². The SMILES string of the molecule is c1ccc(-c2cccc3c2c2c(-c4ccccc4)cccc2n3-c2c3c(cc4c2Sc2cc(N(c5ccccc5)c5ccccc5)cc5c2B4c2ccccc2N5c2ccccc2)B2c4ccccc4N(c4ccccc4)c4cc(N(c5ccccc5)c5ccccc5)cc(c42)O3)cc1. The summed E-state index contributed by atoms with van der Waals surface area (Å²) in [6, 6.07) is 131. The van der Waals surface area contributed by atoms with Gasteiger partial charge in [0, 0.05) is 89.2 Å². The molecule has 1 aromatic heterocycles. The first-order chi connectivity index (χ1) is 49.2. The van der Waals surface area contributed by atoms with E-state index in [2.05, 4.69) is 382 Å². The highest BCUT2D eigenvalue weighted by Gasteiger charge is 2.49. The van der Waals surface area contributed by atoms with Crippen molar-refractivity contribution in [2.24, 2.45) is 0 Å². The summed E-state index contributed by atoms with van der Waals surface area (Å²) in [6.45, 7) is -0.496. The van der Waals surface area contributed by atoms with Crippen LogP contribution in [0, 0.1) is 0 Å². The number of anilines is 12. The molecular formula is C90H59B2N5OS. The molecular weight excluding hydrogens is 1220 g/mol. The van der Waals surface area contributed by atoms with Gasteiger partial charge in [-0.25, -0.2) is 0 Å². The summed E-state index contributed by atoms with van der Waals surface area (Å²) >= 11 is 1.88. The van der Waals surface area contributed by atoms with Gasteiger partial charge in [-0.1, -0.05) is 254 Å². The molecule has 0 saturated heterocycles. The van der Waals surface area contributed by atoms with Crippen molar-refractivity contribution in [1.29, 1.82) is 0 Å². The number of nitrogens with zero attached hydrogens (tertiary/aromatic N) is 5. The first kappa shape index (κ1) is 56.9. The van der Waals surface area contributed by atoms with E-state index in [1.807, 2.05) is 11.8 Å². The number of hydrogen-bond acceptors (Lipinski definition) is 6. The van der Waals surface area contributed by atoms with Gasteiger partial charge in [-0.2, -0.15) is 0 Å². The van der Waals surface area contributed by atoms with Crippen LogP contribution in [0.15, 0.2) is 368 Å². The molecule has 20 rings (SSSR count). The standard InChI is InChI=1S/C90H59B2N5OS/c1-9-31-60(32-10-1)70-47-29-53-78-84(70)85-71(61-33-11-2-12-34-61)48-30-54-79(85)97(78)88-89-74(91-72-49-25-27-51-76(72)95(66-43-21-7-22-44-66)80-55-68(57-82(98-89)86(80)91)93(62-35-13-3-14-36-62)63-37-15-4-16-38-63)59-75-90(88)99-83-58-69(94(64-39-17-5-18-40-64)65-41-19-6-20-42-65)56-81-87(83)92(75)73-50-26-28-52-77(73)96(81)67-45-23-8-24-46-67/h1-59H. The molecule has 0 spiro atoms. The molecule has 0 radical (unpaired) electrons. The van der Waals surface area contributed by atoms with E-state index in [4.69, 9.17) is 4.74 Å². The van der Waals surface area contributed by atoms with Gasteiger partial charge in [-0.15, -0.1) is 0 Å². The highest BCUT2D eigenvalue weighted by Crippen LogP contribution is 2.54. The lowest BCUT2D eigenvalue weighted by Crippen LogP contribution is -2.63. The summed E-state index contributed by atoms with van der Waals surface area (Å²) in [6.07, 6.45) is 0. The minimum atomic E-state index is -0.277.